The summed E-state index contributed by atoms with van der Waals surface area (Å²) in [6.07, 6.45) is 4.46. The SMILES string of the molecule is CC(C)c1ccc(NCc2cc(=O)n3c4c(sc3n2)CCCC4)cc1. The Morgan fingerprint density at radius 3 is 2.72 bits per heavy atom. The summed E-state index contributed by atoms with van der Waals surface area (Å²) in [6, 6.07) is 10.1. The summed E-state index contributed by atoms with van der Waals surface area (Å²) < 4.78 is 1.82. The number of nitrogens with zero attached hydrogens (tertiary/aromatic N) is 2. The smallest absolute Gasteiger partial charge is 0.259 e. The molecule has 3 aromatic rings. The lowest BCUT2D eigenvalue weighted by Gasteiger charge is -2.10. The molecular weight excluding hydrogens is 330 g/mol. The number of fused-ring (bicyclic) bond motifs is 3. The lowest BCUT2D eigenvalue weighted by molar-refractivity contribution is 0.670. The Kier molecular flexibility index (Phi) is 4.34. The maximum Gasteiger partial charge on any atom is 0.259 e. The van der Waals surface area contributed by atoms with E-state index in [0.29, 0.717) is 12.5 Å². The summed E-state index contributed by atoms with van der Waals surface area (Å²) in [4.78, 5) is 19.5. The molecule has 0 spiro atoms. The van der Waals surface area contributed by atoms with Crippen LogP contribution in [0.25, 0.3) is 4.96 Å². The molecule has 1 aromatic carbocycles. The fourth-order valence-corrected chi connectivity index (χ4v) is 4.64. The van der Waals surface area contributed by atoms with Crippen LogP contribution in [0.1, 0.15) is 54.4 Å². The Morgan fingerprint density at radius 2 is 1.96 bits per heavy atom. The molecule has 2 heterocycles. The number of rotatable bonds is 4. The maximum absolute atomic E-state index is 12.6. The van der Waals surface area contributed by atoms with E-state index >= 15 is 0 Å². The van der Waals surface area contributed by atoms with Gasteiger partial charge in [-0.25, -0.2) is 4.98 Å². The molecule has 0 aliphatic heterocycles. The van der Waals surface area contributed by atoms with E-state index in [1.165, 1.54) is 29.0 Å². The summed E-state index contributed by atoms with van der Waals surface area (Å²) in [7, 11) is 0. The van der Waals surface area contributed by atoms with Gasteiger partial charge in [0.15, 0.2) is 4.96 Å². The van der Waals surface area contributed by atoms with Crippen molar-refractivity contribution in [3.8, 4) is 0 Å². The zero-order chi connectivity index (χ0) is 17.4. The van der Waals surface area contributed by atoms with Crippen LogP contribution in [0.2, 0.25) is 0 Å². The van der Waals surface area contributed by atoms with Crippen LogP contribution < -0.4 is 10.9 Å². The number of thiazole rings is 1. The molecule has 5 heteroatoms. The van der Waals surface area contributed by atoms with Gasteiger partial charge in [-0.1, -0.05) is 26.0 Å². The van der Waals surface area contributed by atoms with E-state index < -0.39 is 0 Å². The van der Waals surface area contributed by atoms with Gasteiger partial charge in [0.05, 0.1) is 12.2 Å². The highest BCUT2D eigenvalue weighted by Gasteiger charge is 2.18. The number of benzene rings is 1. The van der Waals surface area contributed by atoms with Crippen LogP contribution in [-0.4, -0.2) is 9.38 Å². The predicted octanol–water partition coefficient (Wildman–Crippen LogP) is 4.37. The van der Waals surface area contributed by atoms with E-state index in [4.69, 9.17) is 4.98 Å². The topological polar surface area (TPSA) is 46.4 Å². The predicted molar refractivity (Wildman–Crippen MR) is 104 cm³/mol. The minimum absolute atomic E-state index is 0.0522. The van der Waals surface area contributed by atoms with Crippen LogP contribution in [0.4, 0.5) is 5.69 Å². The van der Waals surface area contributed by atoms with Crippen LogP contribution in [0, 0.1) is 0 Å². The van der Waals surface area contributed by atoms with Crippen LogP contribution >= 0.6 is 11.3 Å². The average molecular weight is 353 g/mol. The Bertz CT molecular complexity index is 953. The van der Waals surface area contributed by atoms with Gasteiger partial charge in [0.1, 0.15) is 0 Å². The molecule has 0 amide bonds. The Hall–Kier alpha value is -2.14. The number of nitrogens with one attached hydrogen (secondary N) is 1. The van der Waals surface area contributed by atoms with Crippen LogP contribution in [-0.2, 0) is 19.4 Å². The molecule has 4 rings (SSSR count). The molecule has 1 aliphatic carbocycles. The van der Waals surface area contributed by atoms with E-state index in [9.17, 15) is 4.79 Å². The molecule has 25 heavy (non-hydrogen) atoms. The van der Waals surface area contributed by atoms with Gasteiger partial charge in [-0.3, -0.25) is 9.20 Å². The summed E-state index contributed by atoms with van der Waals surface area (Å²) in [5, 5.41) is 3.37. The number of aromatic nitrogens is 2. The zero-order valence-electron chi connectivity index (χ0n) is 14.7. The molecule has 0 fully saturated rings. The highest BCUT2D eigenvalue weighted by Crippen LogP contribution is 2.28. The second kappa shape index (κ2) is 6.64. The molecule has 2 aromatic heterocycles. The fourth-order valence-electron chi connectivity index (χ4n) is 3.41. The summed E-state index contributed by atoms with van der Waals surface area (Å²) in [5.41, 5.74) is 4.42. The molecule has 0 atom stereocenters. The Balaban J connectivity index is 1.56. The fraction of sp³-hybridized carbons (Fsp3) is 0.400. The van der Waals surface area contributed by atoms with E-state index in [-0.39, 0.29) is 5.56 Å². The van der Waals surface area contributed by atoms with E-state index in [2.05, 4.69) is 43.4 Å². The highest BCUT2D eigenvalue weighted by atomic mass is 32.1. The first-order valence-corrected chi connectivity index (χ1v) is 9.80. The molecule has 0 unspecified atom stereocenters. The van der Waals surface area contributed by atoms with Gasteiger partial charge >= 0.3 is 0 Å². The third kappa shape index (κ3) is 3.21. The first-order chi connectivity index (χ1) is 12.1. The van der Waals surface area contributed by atoms with Gasteiger partial charge in [0.2, 0.25) is 0 Å². The van der Waals surface area contributed by atoms with Crippen LogP contribution in [0.15, 0.2) is 35.1 Å². The second-order valence-electron chi connectivity index (χ2n) is 7.01. The Labute approximate surface area is 151 Å². The lowest BCUT2D eigenvalue weighted by Crippen LogP contribution is -2.18. The minimum Gasteiger partial charge on any atom is -0.379 e. The summed E-state index contributed by atoms with van der Waals surface area (Å²) >= 11 is 1.68. The van der Waals surface area contributed by atoms with Crippen LogP contribution in [0.3, 0.4) is 0 Å². The molecule has 0 saturated carbocycles. The third-order valence-corrected chi connectivity index (χ3v) is 6.01. The number of aryl methyl sites for hydroxylation is 2. The molecule has 4 nitrogen and oxygen atoms in total. The first-order valence-electron chi connectivity index (χ1n) is 8.99. The van der Waals surface area contributed by atoms with Crippen molar-refractivity contribution in [1.82, 2.24) is 9.38 Å². The maximum atomic E-state index is 12.6. The van der Waals surface area contributed by atoms with Crippen molar-refractivity contribution in [2.24, 2.45) is 0 Å². The number of anilines is 1. The van der Waals surface area contributed by atoms with Gasteiger partial charge in [0, 0.05) is 22.3 Å². The minimum atomic E-state index is 0.0522. The molecule has 1 aliphatic rings. The third-order valence-electron chi connectivity index (χ3n) is 4.87. The van der Waals surface area contributed by atoms with Gasteiger partial charge in [-0.15, -0.1) is 11.3 Å². The summed E-state index contributed by atoms with van der Waals surface area (Å²) in [5.74, 6) is 0.531. The molecule has 0 bridgehead atoms. The van der Waals surface area contributed by atoms with Crippen LogP contribution in [0.5, 0.6) is 0 Å². The van der Waals surface area contributed by atoms with Crippen molar-refractivity contribution in [3.63, 3.8) is 0 Å². The largest absolute Gasteiger partial charge is 0.379 e. The second-order valence-corrected chi connectivity index (χ2v) is 8.08. The van der Waals surface area contributed by atoms with Gasteiger partial charge in [-0.2, -0.15) is 0 Å². The van der Waals surface area contributed by atoms with Crippen molar-refractivity contribution in [1.29, 1.82) is 0 Å². The average Bonchev–Trinajstić information content (AvgIpc) is 2.99. The summed E-state index contributed by atoms with van der Waals surface area (Å²) in [6.45, 7) is 4.95. The number of hydrogen-bond acceptors (Lipinski definition) is 4. The van der Waals surface area contributed by atoms with E-state index in [1.807, 2.05) is 4.40 Å². The van der Waals surface area contributed by atoms with Crippen molar-refractivity contribution in [2.45, 2.75) is 52.0 Å². The quantitative estimate of drug-likeness (QED) is 0.757. The van der Waals surface area contributed by atoms with Gasteiger partial charge in [-0.05, 0) is 49.3 Å². The number of hydrogen-bond donors (Lipinski definition) is 1. The van der Waals surface area contributed by atoms with Crippen molar-refractivity contribution in [2.75, 3.05) is 5.32 Å². The zero-order valence-corrected chi connectivity index (χ0v) is 15.5. The van der Waals surface area contributed by atoms with E-state index in [0.717, 1.165) is 29.2 Å². The van der Waals surface area contributed by atoms with Crippen molar-refractivity contribution in [3.05, 3.63) is 62.5 Å². The van der Waals surface area contributed by atoms with Gasteiger partial charge < -0.3 is 5.32 Å². The normalized spacial score (nSPS) is 14.0. The van der Waals surface area contributed by atoms with Crippen molar-refractivity contribution >= 4 is 22.0 Å². The molecule has 0 radical (unpaired) electrons. The Morgan fingerprint density at radius 1 is 1.20 bits per heavy atom. The van der Waals surface area contributed by atoms with Gasteiger partial charge in [0.25, 0.3) is 5.56 Å². The molecule has 0 saturated heterocycles. The van der Waals surface area contributed by atoms with Crippen molar-refractivity contribution < 1.29 is 0 Å². The highest BCUT2D eigenvalue weighted by molar-refractivity contribution is 7.17. The first kappa shape index (κ1) is 16.3. The lowest BCUT2D eigenvalue weighted by atomic mass is 10.0. The monoisotopic (exact) mass is 353 g/mol. The standard InChI is InChI=1S/C20H23N3OS/c1-13(2)14-7-9-15(10-8-14)21-12-16-11-19(24)23-17-5-3-4-6-18(17)25-20(23)22-16/h7-11,13,21H,3-6,12H2,1-2H3. The molecule has 1 N–H and O–H groups in total. The molecule has 130 valence electrons. The molecular formula is C20H23N3OS. The van der Waals surface area contributed by atoms with E-state index in [1.54, 1.807) is 17.4 Å².